The van der Waals surface area contributed by atoms with E-state index in [1.165, 1.54) is 10.7 Å². The largest absolute Gasteiger partial charge is 0.477 e. The van der Waals surface area contributed by atoms with Gasteiger partial charge < -0.3 is 5.11 Å². The molecular formula is C15H13N5O2. The molecule has 0 saturated carbocycles. The van der Waals surface area contributed by atoms with E-state index in [1.807, 2.05) is 19.9 Å². The van der Waals surface area contributed by atoms with Gasteiger partial charge in [-0.3, -0.25) is 4.98 Å². The molecule has 0 radical (unpaired) electrons. The van der Waals surface area contributed by atoms with E-state index in [0.29, 0.717) is 5.69 Å². The lowest BCUT2D eigenvalue weighted by Gasteiger charge is -2.04. The smallest absolute Gasteiger partial charge is 0.354 e. The van der Waals surface area contributed by atoms with Crippen LogP contribution in [0, 0.1) is 13.8 Å². The molecule has 0 unspecified atom stereocenters. The Bertz CT molecular complexity index is 822. The number of carbonyl (C=O) groups is 1. The highest BCUT2D eigenvalue weighted by Crippen LogP contribution is 2.20. The fourth-order valence-electron chi connectivity index (χ4n) is 2.15. The Morgan fingerprint density at radius 2 is 1.73 bits per heavy atom. The first kappa shape index (κ1) is 13.9. The van der Waals surface area contributed by atoms with Crippen molar-refractivity contribution in [1.29, 1.82) is 0 Å². The first-order valence-corrected chi connectivity index (χ1v) is 6.61. The predicted octanol–water partition coefficient (Wildman–Crippen LogP) is 2.04. The number of hydrogen-bond donors (Lipinski definition) is 1. The summed E-state index contributed by atoms with van der Waals surface area (Å²) in [6.45, 7) is 3.65. The molecule has 0 aliphatic heterocycles. The van der Waals surface area contributed by atoms with Crippen LogP contribution in [0.15, 0.2) is 36.7 Å². The van der Waals surface area contributed by atoms with Crippen molar-refractivity contribution in [3.05, 3.63) is 53.7 Å². The summed E-state index contributed by atoms with van der Waals surface area (Å²) in [5.74, 6) is -0.842. The quantitative estimate of drug-likeness (QED) is 0.794. The summed E-state index contributed by atoms with van der Waals surface area (Å²) in [4.78, 5) is 24.0. The zero-order valence-electron chi connectivity index (χ0n) is 12.1. The van der Waals surface area contributed by atoms with Crippen molar-refractivity contribution in [1.82, 2.24) is 24.7 Å². The van der Waals surface area contributed by atoms with Crippen molar-refractivity contribution < 1.29 is 9.90 Å². The van der Waals surface area contributed by atoms with Crippen molar-refractivity contribution in [3.63, 3.8) is 0 Å². The molecule has 0 aliphatic carbocycles. The minimum absolute atomic E-state index is 0.0109. The van der Waals surface area contributed by atoms with E-state index in [9.17, 15) is 9.90 Å². The molecule has 3 rings (SSSR count). The van der Waals surface area contributed by atoms with Gasteiger partial charge in [-0.15, -0.1) is 0 Å². The number of aryl methyl sites for hydroxylation is 2. The number of nitrogens with zero attached hydrogens (tertiary/aromatic N) is 5. The Balaban J connectivity index is 2.18. The Labute approximate surface area is 126 Å². The maximum Gasteiger partial charge on any atom is 0.354 e. The lowest BCUT2D eigenvalue weighted by atomic mass is 10.2. The molecule has 0 fully saturated rings. The van der Waals surface area contributed by atoms with E-state index < -0.39 is 5.97 Å². The van der Waals surface area contributed by atoms with E-state index in [2.05, 4.69) is 20.1 Å². The van der Waals surface area contributed by atoms with Crippen LogP contribution in [0.5, 0.6) is 0 Å². The molecule has 0 atom stereocenters. The van der Waals surface area contributed by atoms with Crippen LogP contribution in [-0.4, -0.2) is 35.8 Å². The van der Waals surface area contributed by atoms with Crippen molar-refractivity contribution in [2.45, 2.75) is 13.8 Å². The summed E-state index contributed by atoms with van der Waals surface area (Å²) in [5, 5.41) is 13.7. The summed E-state index contributed by atoms with van der Waals surface area (Å²) < 4.78 is 1.25. The second-order valence-corrected chi connectivity index (χ2v) is 4.82. The van der Waals surface area contributed by atoms with Crippen LogP contribution >= 0.6 is 0 Å². The van der Waals surface area contributed by atoms with Gasteiger partial charge in [0, 0.05) is 29.3 Å². The number of carboxylic acid groups (broad SMARTS) is 1. The third kappa shape index (κ3) is 2.56. The Morgan fingerprint density at radius 3 is 2.32 bits per heavy atom. The number of pyridine rings is 1. The molecule has 0 saturated heterocycles. The van der Waals surface area contributed by atoms with Crippen LogP contribution in [-0.2, 0) is 0 Å². The standard InChI is InChI=1S/C15H13N5O2/c1-9-7-10(2)18-15(17-9)20-13(14(21)22)8-12(19-20)11-3-5-16-6-4-11/h3-8H,1-2H3,(H,21,22). The van der Waals surface area contributed by atoms with Crippen LogP contribution in [0.25, 0.3) is 17.2 Å². The van der Waals surface area contributed by atoms with Crippen LogP contribution < -0.4 is 0 Å². The molecule has 3 aromatic heterocycles. The molecule has 22 heavy (non-hydrogen) atoms. The van der Waals surface area contributed by atoms with Gasteiger partial charge in [0.2, 0.25) is 0 Å². The number of hydrogen-bond acceptors (Lipinski definition) is 5. The molecule has 110 valence electrons. The van der Waals surface area contributed by atoms with Crippen LogP contribution in [0.3, 0.4) is 0 Å². The highest BCUT2D eigenvalue weighted by molar-refractivity contribution is 5.87. The topological polar surface area (TPSA) is 93.8 Å². The van der Waals surface area contributed by atoms with Crippen molar-refractivity contribution in [2.75, 3.05) is 0 Å². The maximum absolute atomic E-state index is 11.5. The third-order valence-corrected chi connectivity index (χ3v) is 3.06. The highest BCUT2D eigenvalue weighted by Gasteiger charge is 2.18. The Hall–Kier alpha value is -3.09. The summed E-state index contributed by atoms with van der Waals surface area (Å²) >= 11 is 0. The van der Waals surface area contributed by atoms with Crippen molar-refractivity contribution >= 4 is 5.97 Å². The molecule has 0 bridgehead atoms. The maximum atomic E-state index is 11.5. The summed E-state index contributed by atoms with van der Waals surface area (Å²) in [5.41, 5.74) is 2.82. The van der Waals surface area contributed by atoms with Crippen LogP contribution in [0.1, 0.15) is 21.9 Å². The summed E-state index contributed by atoms with van der Waals surface area (Å²) in [7, 11) is 0. The van der Waals surface area contributed by atoms with E-state index in [0.717, 1.165) is 17.0 Å². The SMILES string of the molecule is Cc1cc(C)nc(-n2nc(-c3ccncc3)cc2C(=O)O)n1. The average Bonchev–Trinajstić information content (AvgIpc) is 2.92. The van der Waals surface area contributed by atoms with E-state index in [1.54, 1.807) is 24.5 Å². The van der Waals surface area contributed by atoms with E-state index >= 15 is 0 Å². The van der Waals surface area contributed by atoms with Gasteiger partial charge in [0.15, 0.2) is 5.69 Å². The molecule has 1 N–H and O–H groups in total. The first-order valence-electron chi connectivity index (χ1n) is 6.61. The van der Waals surface area contributed by atoms with E-state index in [-0.39, 0.29) is 11.6 Å². The molecule has 7 heteroatoms. The molecule has 0 amide bonds. The number of aromatic nitrogens is 5. The number of rotatable bonds is 3. The van der Waals surface area contributed by atoms with Gasteiger partial charge in [-0.1, -0.05) is 0 Å². The predicted molar refractivity (Wildman–Crippen MR) is 78.8 cm³/mol. The second kappa shape index (κ2) is 5.36. The van der Waals surface area contributed by atoms with Gasteiger partial charge in [0.25, 0.3) is 5.95 Å². The van der Waals surface area contributed by atoms with Crippen molar-refractivity contribution in [3.8, 4) is 17.2 Å². The third-order valence-electron chi connectivity index (χ3n) is 3.06. The van der Waals surface area contributed by atoms with Crippen LogP contribution in [0.2, 0.25) is 0 Å². The molecule has 0 spiro atoms. The number of carboxylic acids is 1. The summed E-state index contributed by atoms with van der Waals surface area (Å²) in [6, 6.07) is 6.84. The van der Waals surface area contributed by atoms with Crippen LogP contribution in [0.4, 0.5) is 0 Å². The fraction of sp³-hybridized carbons (Fsp3) is 0.133. The lowest BCUT2D eigenvalue weighted by Crippen LogP contribution is -2.12. The highest BCUT2D eigenvalue weighted by atomic mass is 16.4. The molecule has 3 aromatic rings. The first-order chi connectivity index (χ1) is 10.5. The van der Waals surface area contributed by atoms with Gasteiger partial charge in [-0.05, 0) is 38.1 Å². The van der Waals surface area contributed by atoms with Crippen molar-refractivity contribution in [2.24, 2.45) is 0 Å². The van der Waals surface area contributed by atoms with Gasteiger partial charge in [0.1, 0.15) is 0 Å². The molecule has 0 aliphatic rings. The molecule has 3 heterocycles. The zero-order valence-corrected chi connectivity index (χ0v) is 12.1. The van der Waals surface area contributed by atoms with E-state index in [4.69, 9.17) is 0 Å². The Morgan fingerprint density at radius 1 is 1.09 bits per heavy atom. The van der Waals surface area contributed by atoms with Gasteiger partial charge in [-0.2, -0.15) is 9.78 Å². The van der Waals surface area contributed by atoms with Gasteiger partial charge >= 0.3 is 5.97 Å². The summed E-state index contributed by atoms with van der Waals surface area (Å²) in [6.07, 6.45) is 3.25. The van der Waals surface area contributed by atoms with Gasteiger partial charge in [0.05, 0.1) is 5.69 Å². The zero-order chi connectivity index (χ0) is 15.7. The average molecular weight is 295 g/mol. The lowest BCUT2D eigenvalue weighted by molar-refractivity contribution is 0.0686. The monoisotopic (exact) mass is 295 g/mol. The molecular weight excluding hydrogens is 282 g/mol. The molecule has 7 nitrogen and oxygen atoms in total. The minimum atomic E-state index is -1.09. The number of aromatic carboxylic acids is 1. The minimum Gasteiger partial charge on any atom is -0.477 e. The second-order valence-electron chi connectivity index (χ2n) is 4.82. The normalized spacial score (nSPS) is 10.6. The Kier molecular flexibility index (Phi) is 3.38. The van der Waals surface area contributed by atoms with Gasteiger partial charge in [-0.25, -0.2) is 14.8 Å². The fourth-order valence-corrected chi connectivity index (χ4v) is 2.15. The molecule has 0 aromatic carbocycles.